The number of nitrogens with zero attached hydrogens (tertiary/aromatic N) is 1. The molecule has 1 aromatic rings. The maximum atomic E-state index is 12.7. The van der Waals surface area contributed by atoms with Crippen molar-refractivity contribution in [1.29, 1.82) is 0 Å². The number of halogens is 2. The fourth-order valence-corrected chi connectivity index (χ4v) is 4.66. The van der Waals surface area contributed by atoms with Crippen LogP contribution in [0.3, 0.4) is 0 Å². The lowest BCUT2D eigenvalue weighted by Crippen LogP contribution is -2.48. The summed E-state index contributed by atoms with van der Waals surface area (Å²) in [6.07, 6.45) is 2.00. The molecule has 0 unspecified atom stereocenters. The normalized spacial score (nSPS) is 20.2. The molecule has 2 rings (SSSR count). The molecule has 8 heteroatoms. The number of hydrogen-bond acceptors (Lipinski definition) is 4. The van der Waals surface area contributed by atoms with Crippen LogP contribution in [0.2, 0.25) is 5.02 Å². The molecule has 0 spiro atoms. The van der Waals surface area contributed by atoms with Crippen molar-refractivity contribution in [2.24, 2.45) is 0 Å². The number of sulfonamides is 1. The zero-order valence-electron chi connectivity index (χ0n) is 11.4. The van der Waals surface area contributed by atoms with E-state index in [0.29, 0.717) is 22.5 Å². The Morgan fingerprint density at radius 3 is 2.76 bits per heavy atom. The number of methoxy groups -OCH3 is 1. The third-order valence-corrected chi connectivity index (χ3v) is 6.54. The number of benzene rings is 1. The van der Waals surface area contributed by atoms with Crippen LogP contribution in [0, 0.1) is 0 Å². The fraction of sp³-hybridized carbons (Fsp3) is 0.462. The quantitative estimate of drug-likeness (QED) is 0.737. The summed E-state index contributed by atoms with van der Waals surface area (Å²) in [6.45, 7) is 0.308. The van der Waals surface area contributed by atoms with Crippen molar-refractivity contribution < 1.29 is 17.9 Å². The van der Waals surface area contributed by atoms with Gasteiger partial charge in [-0.2, -0.15) is 4.31 Å². The zero-order chi connectivity index (χ0) is 15.6. The Bertz CT molecular complexity index is 650. The molecule has 116 valence electrons. The highest BCUT2D eigenvalue weighted by atomic mass is 79.9. The van der Waals surface area contributed by atoms with Crippen LogP contribution in [0.1, 0.15) is 19.3 Å². The van der Waals surface area contributed by atoms with E-state index in [1.807, 2.05) is 0 Å². The molecule has 1 aromatic carbocycles. The SMILES string of the molecule is COC(=O)[C@H]1CCCCN1S(=O)(=O)c1ccc(Cl)c(Br)c1. The van der Waals surface area contributed by atoms with Gasteiger partial charge in [0.2, 0.25) is 10.0 Å². The van der Waals surface area contributed by atoms with Crippen molar-refractivity contribution in [3.05, 3.63) is 27.7 Å². The standard InChI is InChI=1S/C13H15BrClNO4S/c1-20-13(17)12-4-2-3-7-16(12)21(18,19)9-5-6-11(15)10(14)8-9/h5-6,8,12H,2-4,7H2,1H3/t12-/m1/s1. The molecule has 5 nitrogen and oxygen atoms in total. The van der Waals surface area contributed by atoms with Gasteiger partial charge in [0.25, 0.3) is 0 Å². The van der Waals surface area contributed by atoms with Gasteiger partial charge in [0.15, 0.2) is 0 Å². The number of piperidine rings is 1. The summed E-state index contributed by atoms with van der Waals surface area (Å²) in [5.41, 5.74) is 0. The average Bonchev–Trinajstić information content (AvgIpc) is 2.49. The van der Waals surface area contributed by atoms with Crippen molar-refractivity contribution in [3.8, 4) is 0 Å². The lowest BCUT2D eigenvalue weighted by Gasteiger charge is -2.32. The van der Waals surface area contributed by atoms with Gasteiger partial charge in [0.1, 0.15) is 6.04 Å². The minimum atomic E-state index is -3.76. The topological polar surface area (TPSA) is 63.7 Å². The van der Waals surface area contributed by atoms with Crippen LogP contribution in [0.5, 0.6) is 0 Å². The van der Waals surface area contributed by atoms with Crippen LogP contribution in [-0.4, -0.2) is 38.4 Å². The molecule has 1 aliphatic heterocycles. The summed E-state index contributed by atoms with van der Waals surface area (Å²) in [5.74, 6) is -0.522. The van der Waals surface area contributed by atoms with E-state index in [1.54, 1.807) is 0 Å². The zero-order valence-corrected chi connectivity index (χ0v) is 14.5. The van der Waals surface area contributed by atoms with E-state index in [1.165, 1.54) is 29.6 Å². The Morgan fingerprint density at radius 1 is 1.43 bits per heavy atom. The molecule has 0 saturated carbocycles. The summed E-state index contributed by atoms with van der Waals surface area (Å²) in [6, 6.07) is 3.63. The second kappa shape index (κ2) is 6.64. The fourth-order valence-electron chi connectivity index (χ4n) is 2.34. The molecule has 1 aliphatic rings. The molecule has 0 amide bonds. The van der Waals surface area contributed by atoms with Crippen LogP contribution < -0.4 is 0 Å². The molecule has 1 heterocycles. The van der Waals surface area contributed by atoms with Crippen molar-refractivity contribution in [2.45, 2.75) is 30.2 Å². The minimum Gasteiger partial charge on any atom is -0.468 e. The van der Waals surface area contributed by atoms with Crippen LogP contribution in [0.25, 0.3) is 0 Å². The van der Waals surface area contributed by atoms with E-state index in [4.69, 9.17) is 16.3 Å². The first kappa shape index (κ1) is 16.7. The Balaban J connectivity index is 2.40. The molecule has 0 bridgehead atoms. The third kappa shape index (κ3) is 3.41. The van der Waals surface area contributed by atoms with Crippen LogP contribution in [-0.2, 0) is 19.6 Å². The molecule has 0 aromatic heterocycles. The van der Waals surface area contributed by atoms with Gasteiger partial charge in [0, 0.05) is 11.0 Å². The molecule has 21 heavy (non-hydrogen) atoms. The monoisotopic (exact) mass is 395 g/mol. The summed E-state index contributed by atoms with van der Waals surface area (Å²) in [7, 11) is -2.50. The van der Waals surface area contributed by atoms with Gasteiger partial charge in [-0.15, -0.1) is 0 Å². The highest BCUT2D eigenvalue weighted by Crippen LogP contribution is 2.30. The van der Waals surface area contributed by atoms with Crippen molar-refractivity contribution >= 4 is 43.5 Å². The van der Waals surface area contributed by atoms with Gasteiger partial charge in [-0.25, -0.2) is 8.42 Å². The highest BCUT2D eigenvalue weighted by molar-refractivity contribution is 9.10. The number of carbonyl (C=O) groups is 1. The van der Waals surface area contributed by atoms with E-state index in [2.05, 4.69) is 15.9 Å². The Labute approximate surface area is 137 Å². The second-order valence-corrected chi connectivity index (χ2v) is 7.88. The Hall–Kier alpha value is -0.630. The molecule has 0 N–H and O–H groups in total. The second-order valence-electron chi connectivity index (χ2n) is 4.73. The van der Waals surface area contributed by atoms with Gasteiger partial charge < -0.3 is 4.74 Å². The predicted molar refractivity (Wildman–Crippen MR) is 82.7 cm³/mol. The van der Waals surface area contributed by atoms with Crippen molar-refractivity contribution in [1.82, 2.24) is 4.31 Å². The average molecular weight is 397 g/mol. The van der Waals surface area contributed by atoms with E-state index < -0.39 is 22.0 Å². The first-order valence-electron chi connectivity index (χ1n) is 6.42. The van der Waals surface area contributed by atoms with E-state index >= 15 is 0 Å². The van der Waals surface area contributed by atoms with E-state index in [0.717, 1.165) is 12.8 Å². The van der Waals surface area contributed by atoms with Gasteiger partial charge >= 0.3 is 5.97 Å². The summed E-state index contributed by atoms with van der Waals surface area (Å²) in [5, 5.41) is 0.428. The van der Waals surface area contributed by atoms with Gasteiger partial charge in [0.05, 0.1) is 17.0 Å². The van der Waals surface area contributed by atoms with Crippen LogP contribution in [0.15, 0.2) is 27.6 Å². The van der Waals surface area contributed by atoms with Crippen molar-refractivity contribution in [2.75, 3.05) is 13.7 Å². The molecule has 1 saturated heterocycles. The summed E-state index contributed by atoms with van der Waals surface area (Å²) >= 11 is 9.10. The van der Waals surface area contributed by atoms with Crippen LogP contribution >= 0.6 is 27.5 Å². The van der Waals surface area contributed by atoms with Crippen molar-refractivity contribution in [3.63, 3.8) is 0 Å². The van der Waals surface area contributed by atoms with E-state index in [-0.39, 0.29) is 4.90 Å². The van der Waals surface area contributed by atoms with Gasteiger partial charge in [-0.1, -0.05) is 11.6 Å². The molecule has 0 radical (unpaired) electrons. The Kier molecular flexibility index (Phi) is 5.29. The summed E-state index contributed by atoms with van der Waals surface area (Å²) in [4.78, 5) is 11.9. The lowest BCUT2D eigenvalue weighted by atomic mass is 10.1. The number of rotatable bonds is 3. The number of hydrogen-bond donors (Lipinski definition) is 0. The largest absolute Gasteiger partial charge is 0.468 e. The van der Waals surface area contributed by atoms with E-state index in [9.17, 15) is 13.2 Å². The maximum absolute atomic E-state index is 12.7. The lowest BCUT2D eigenvalue weighted by molar-refractivity contribution is -0.146. The van der Waals surface area contributed by atoms with Gasteiger partial charge in [-0.05, 0) is 53.4 Å². The first-order valence-corrected chi connectivity index (χ1v) is 9.03. The molecular weight excluding hydrogens is 382 g/mol. The smallest absolute Gasteiger partial charge is 0.324 e. The number of ether oxygens (including phenoxy) is 1. The third-order valence-electron chi connectivity index (χ3n) is 3.42. The molecule has 0 aliphatic carbocycles. The number of esters is 1. The first-order chi connectivity index (χ1) is 9.87. The highest BCUT2D eigenvalue weighted by Gasteiger charge is 2.38. The number of carbonyl (C=O) groups excluding carboxylic acids is 1. The predicted octanol–water partition coefficient (Wildman–Crippen LogP) is 2.82. The summed E-state index contributed by atoms with van der Waals surface area (Å²) < 4.78 is 31.9. The molecular formula is C13H15BrClNO4S. The minimum absolute atomic E-state index is 0.106. The molecule has 1 fully saturated rings. The van der Waals surface area contributed by atoms with Gasteiger partial charge in [-0.3, -0.25) is 4.79 Å². The maximum Gasteiger partial charge on any atom is 0.324 e. The Morgan fingerprint density at radius 2 is 2.14 bits per heavy atom. The molecule has 1 atom stereocenters. The van der Waals surface area contributed by atoms with Crippen LogP contribution in [0.4, 0.5) is 0 Å².